The van der Waals surface area contributed by atoms with Crippen molar-refractivity contribution in [3.63, 3.8) is 0 Å². The standard InChI is InChI=1S/C28H24O4/c29-27(30)25-23(19-11-3-1-4-12-19)26(24(25)20-13-5-2-6-14-20)28(31)32-22-17-9-15-18-10-7-8-16-21(18)22/h1-13,15-17,20,23-26H,14H2,(H,29,30)/t20?,23-,24-,25+,26+/m0/s1. The highest BCUT2D eigenvalue weighted by molar-refractivity contribution is 5.91. The summed E-state index contributed by atoms with van der Waals surface area (Å²) < 4.78 is 5.96. The Labute approximate surface area is 186 Å². The van der Waals surface area contributed by atoms with Crippen LogP contribution in [0.4, 0.5) is 0 Å². The summed E-state index contributed by atoms with van der Waals surface area (Å²) in [5.41, 5.74) is 0.867. The van der Waals surface area contributed by atoms with Gasteiger partial charge in [-0.3, -0.25) is 9.59 Å². The molecule has 1 unspecified atom stereocenters. The lowest BCUT2D eigenvalue weighted by Gasteiger charge is -2.51. The number of esters is 1. The van der Waals surface area contributed by atoms with Crippen LogP contribution in [0.15, 0.2) is 97.1 Å². The molecule has 5 rings (SSSR count). The minimum absolute atomic E-state index is 0.00821. The highest BCUT2D eigenvalue weighted by Crippen LogP contribution is 2.57. The zero-order chi connectivity index (χ0) is 22.1. The summed E-state index contributed by atoms with van der Waals surface area (Å²) in [4.78, 5) is 25.9. The molecule has 0 saturated heterocycles. The number of carbonyl (C=O) groups excluding carboxylic acids is 1. The zero-order valence-electron chi connectivity index (χ0n) is 17.5. The molecule has 2 aliphatic carbocycles. The molecule has 1 fully saturated rings. The summed E-state index contributed by atoms with van der Waals surface area (Å²) in [6.45, 7) is 0. The SMILES string of the molecule is O=C(O)[C@@H]1[C@H](c2ccccc2)[C@@H](C(=O)Oc2cccc3ccccc23)[C@H]1C1C=CC=CC1. The van der Waals surface area contributed by atoms with Crippen LogP contribution in [0.2, 0.25) is 0 Å². The van der Waals surface area contributed by atoms with Crippen LogP contribution in [0.25, 0.3) is 10.8 Å². The number of benzene rings is 3. The number of carbonyl (C=O) groups is 2. The first-order valence-corrected chi connectivity index (χ1v) is 11.0. The monoisotopic (exact) mass is 424 g/mol. The zero-order valence-corrected chi connectivity index (χ0v) is 17.5. The van der Waals surface area contributed by atoms with E-state index in [-0.39, 0.29) is 17.8 Å². The van der Waals surface area contributed by atoms with Gasteiger partial charge in [-0.05, 0) is 35.3 Å². The Morgan fingerprint density at radius 2 is 1.59 bits per heavy atom. The third-order valence-corrected chi connectivity index (χ3v) is 6.81. The van der Waals surface area contributed by atoms with Crippen molar-refractivity contribution >= 4 is 22.7 Å². The molecule has 3 aromatic rings. The number of aliphatic carboxylic acids is 1. The third kappa shape index (κ3) is 3.52. The summed E-state index contributed by atoms with van der Waals surface area (Å²) in [7, 11) is 0. The van der Waals surface area contributed by atoms with Gasteiger partial charge in [-0.15, -0.1) is 0 Å². The predicted molar refractivity (Wildman–Crippen MR) is 123 cm³/mol. The van der Waals surface area contributed by atoms with E-state index in [1.54, 1.807) is 6.07 Å². The fourth-order valence-electron chi connectivity index (χ4n) is 5.37. The molecule has 0 amide bonds. The third-order valence-electron chi connectivity index (χ3n) is 6.81. The van der Waals surface area contributed by atoms with Gasteiger partial charge in [0.2, 0.25) is 0 Å². The Morgan fingerprint density at radius 3 is 2.34 bits per heavy atom. The van der Waals surface area contributed by atoms with E-state index >= 15 is 0 Å². The molecule has 1 N–H and O–H groups in total. The van der Waals surface area contributed by atoms with Crippen molar-refractivity contribution in [2.45, 2.75) is 12.3 Å². The fraction of sp³-hybridized carbons (Fsp3) is 0.214. The number of hydrogen-bond donors (Lipinski definition) is 1. The van der Waals surface area contributed by atoms with Gasteiger partial charge in [0.15, 0.2) is 0 Å². The maximum atomic E-state index is 13.6. The van der Waals surface area contributed by atoms with E-state index in [0.29, 0.717) is 5.75 Å². The molecule has 0 heterocycles. The number of allylic oxidation sites excluding steroid dienone is 4. The molecule has 3 aromatic carbocycles. The molecule has 0 bridgehead atoms. The number of hydrogen-bond acceptors (Lipinski definition) is 3. The molecule has 0 spiro atoms. The van der Waals surface area contributed by atoms with Crippen LogP contribution in [0, 0.1) is 23.7 Å². The summed E-state index contributed by atoms with van der Waals surface area (Å²) in [6, 6.07) is 22.9. The predicted octanol–water partition coefficient (Wildman–Crippen LogP) is 5.61. The molecule has 0 aliphatic heterocycles. The Bertz CT molecular complexity index is 1210. The molecular formula is C28H24O4. The second-order valence-corrected chi connectivity index (χ2v) is 8.51. The van der Waals surface area contributed by atoms with Crippen molar-refractivity contribution < 1.29 is 19.4 Å². The van der Waals surface area contributed by atoms with Crippen LogP contribution < -0.4 is 4.74 Å². The number of carboxylic acids is 1. The van der Waals surface area contributed by atoms with Crippen molar-refractivity contribution in [3.05, 3.63) is 103 Å². The number of rotatable bonds is 5. The average molecular weight is 424 g/mol. The lowest BCUT2D eigenvalue weighted by molar-refractivity contribution is -0.166. The first-order valence-electron chi connectivity index (χ1n) is 11.0. The molecule has 0 aromatic heterocycles. The normalized spacial score (nSPS) is 26.4. The van der Waals surface area contributed by atoms with E-state index < -0.39 is 23.7 Å². The molecule has 4 heteroatoms. The molecule has 5 atom stereocenters. The van der Waals surface area contributed by atoms with Gasteiger partial charge >= 0.3 is 11.9 Å². The topological polar surface area (TPSA) is 63.6 Å². The highest BCUT2D eigenvalue weighted by atomic mass is 16.5. The minimum atomic E-state index is -0.860. The Morgan fingerprint density at radius 1 is 0.844 bits per heavy atom. The number of carboxylic acid groups (broad SMARTS) is 1. The lowest BCUT2D eigenvalue weighted by atomic mass is 9.50. The lowest BCUT2D eigenvalue weighted by Crippen LogP contribution is -2.56. The molecule has 160 valence electrons. The van der Waals surface area contributed by atoms with Crippen molar-refractivity contribution in [1.82, 2.24) is 0 Å². The smallest absolute Gasteiger partial charge is 0.315 e. The maximum absolute atomic E-state index is 13.6. The largest absolute Gasteiger partial charge is 0.481 e. The molecule has 32 heavy (non-hydrogen) atoms. The van der Waals surface area contributed by atoms with Gasteiger partial charge in [-0.2, -0.15) is 0 Å². The van der Waals surface area contributed by atoms with Crippen molar-refractivity contribution in [2.75, 3.05) is 0 Å². The Hall–Kier alpha value is -3.66. The molecule has 4 nitrogen and oxygen atoms in total. The van der Waals surface area contributed by atoms with Gasteiger partial charge in [0, 0.05) is 11.3 Å². The quantitative estimate of drug-likeness (QED) is 0.427. The van der Waals surface area contributed by atoms with Gasteiger partial charge < -0.3 is 9.84 Å². The summed E-state index contributed by atoms with van der Waals surface area (Å²) in [5, 5.41) is 12.0. The molecular weight excluding hydrogens is 400 g/mol. The van der Waals surface area contributed by atoms with Crippen LogP contribution in [0.3, 0.4) is 0 Å². The van der Waals surface area contributed by atoms with Gasteiger partial charge in [0.1, 0.15) is 5.75 Å². The second-order valence-electron chi connectivity index (χ2n) is 8.51. The van der Waals surface area contributed by atoms with E-state index in [2.05, 4.69) is 0 Å². The van der Waals surface area contributed by atoms with Crippen molar-refractivity contribution in [1.29, 1.82) is 0 Å². The summed E-state index contributed by atoms with van der Waals surface area (Å²) in [6.07, 6.45) is 8.69. The van der Waals surface area contributed by atoms with Gasteiger partial charge in [-0.25, -0.2) is 0 Å². The van der Waals surface area contributed by atoms with Crippen LogP contribution in [0.1, 0.15) is 17.9 Å². The van der Waals surface area contributed by atoms with Crippen LogP contribution >= 0.6 is 0 Å². The van der Waals surface area contributed by atoms with Gasteiger partial charge in [0.05, 0.1) is 11.8 Å². The Balaban J connectivity index is 1.52. The first kappa shape index (κ1) is 20.3. The first-order chi connectivity index (χ1) is 15.6. The average Bonchev–Trinajstić information content (AvgIpc) is 2.80. The van der Waals surface area contributed by atoms with Crippen LogP contribution in [0.5, 0.6) is 5.75 Å². The van der Waals surface area contributed by atoms with Gasteiger partial charge in [-0.1, -0.05) is 91.0 Å². The Kier molecular flexibility index (Phi) is 5.36. The van der Waals surface area contributed by atoms with E-state index in [1.165, 1.54) is 0 Å². The number of ether oxygens (including phenoxy) is 1. The second kappa shape index (κ2) is 8.46. The van der Waals surface area contributed by atoms with Crippen LogP contribution in [-0.2, 0) is 9.59 Å². The summed E-state index contributed by atoms with van der Waals surface area (Å²) >= 11 is 0. The van der Waals surface area contributed by atoms with E-state index in [0.717, 1.165) is 22.8 Å². The van der Waals surface area contributed by atoms with Crippen molar-refractivity contribution in [3.8, 4) is 5.75 Å². The molecule has 2 aliphatic rings. The minimum Gasteiger partial charge on any atom is -0.481 e. The van der Waals surface area contributed by atoms with E-state index in [1.807, 2.05) is 91.0 Å². The highest BCUT2D eigenvalue weighted by Gasteiger charge is 2.60. The number of fused-ring (bicyclic) bond motifs is 1. The fourth-order valence-corrected chi connectivity index (χ4v) is 5.37. The van der Waals surface area contributed by atoms with E-state index in [9.17, 15) is 14.7 Å². The summed E-state index contributed by atoms with van der Waals surface area (Å²) in [5.74, 6) is -2.62. The van der Waals surface area contributed by atoms with Crippen LogP contribution in [-0.4, -0.2) is 17.0 Å². The van der Waals surface area contributed by atoms with Crippen molar-refractivity contribution in [2.24, 2.45) is 23.7 Å². The molecule has 1 saturated carbocycles. The maximum Gasteiger partial charge on any atom is 0.315 e. The molecule has 0 radical (unpaired) electrons. The van der Waals surface area contributed by atoms with E-state index in [4.69, 9.17) is 4.74 Å². The van der Waals surface area contributed by atoms with Gasteiger partial charge in [0.25, 0.3) is 0 Å².